The monoisotopic (exact) mass is 220 g/mol. The molecule has 0 atom stereocenters. The van der Waals surface area contributed by atoms with Crippen molar-refractivity contribution in [2.24, 2.45) is 0 Å². The lowest BCUT2D eigenvalue weighted by atomic mass is 10.3. The Kier molecular flexibility index (Phi) is 129. The highest BCUT2D eigenvalue weighted by Crippen LogP contribution is 1.88. The van der Waals surface area contributed by atoms with E-state index in [1.165, 1.54) is 38.5 Å². The predicted molar refractivity (Wildman–Crippen MR) is 79.8 cm³/mol. The van der Waals surface area contributed by atoms with E-state index in [0.717, 1.165) is 0 Å². The van der Waals surface area contributed by atoms with Crippen LogP contribution in [0, 0.1) is 0 Å². The molecular formula is C15H40. The second-order valence-corrected chi connectivity index (χ2v) is 3.47. The van der Waals surface area contributed by atoms with Crippen LogP contribution in [0.1, 0.15) is 101 Å². The van der Waals surface area contributed by atoms with Crippen LogP contribution in [-0.2, 0) is 0 Å². The number of hydrogen-bond donors (Lipinski definition) is 0. The van der Waals surface area contributed by atoms with Gasteiger partial charge < -0.3 is 0 Å². The Labute approximate surface area is 102 Å². The van der Waals surface area contributed by atoms with E-state index in [4.69, 9.17) is 0 Å². The zero-order valence-corrected chi connectivity index (χ0v) is 12.2. The van der Waals surface area contributed by atoms with Crippen molar-refractivity contribution in [1.29, 1.82) is 0 Å². The van der Waals surface area contributed by atoms with Gasteiger partial charge in [-0.05, 0) is 0 Å². The minimum atomic E-state index is 0. The van der Waals surface area contributed by atoms with Crippen LogP contribution >= 0.6 is 0 Å². The van der Waals surface area contributed by atoms with Gasteiger partial charge in [0, 0.05) is 0 Å². The van der Waals surface area contributed by atoms with Crippen LogP contribution in [0.5, 0.6) is 0 Å². The van der Waals surface area contributed by atoms with Crippen molar-refractivity contribution in [3.8, 4) is 0 Å². The van der Waals surface area contributed by atoms with Crippen LogP contribution in [-0.4, -0.2) is 0 Å². The Bertz CT molecular complexity index is 24.3. The molecule has 0 nitrogen and oxygen atoms in total. The topological polar surface area (TPSA) is 0 Å². The van der Waals surface area contributed by atoms with Gasteiger partial charge in [-0.3, -0.25) is 0 Å². The lowest BCUT2D eigenvalue weighted by Gasteiger charge is -1.79. The maximum absolute atomic E-state index is 2.21. The van der Waals surface area contributed by atoms with Crippen molar-refractivity contribution < 1.29 is 0 Å². The number of unbranched alkanes of at least 4 members (excludes halogenated alkanes) is 2. The Morgan fingerprint density at radius 2 is 0.600 bits per heavy atom. The van der Waals surface area contributed by atoms with Gasteiger partial charge in [-0.2, -0.15) is 0 Å². The van der Waals surface area contributed by atoms with Crippen LogP contribution in [0.3, 0.4) is 0 Å². The lowest BCUT2D eigenvalue weighted by molar-refractivity contribution is 0.772. The fraction of sp³-hybridized carbons (Fsp3) is 1.00. The van der Waals surface area contributed by atoms with Crippen LogP contribution < -0.4 is 0 Å². The molecule has 0 aliphatic rings. The van der Waals surface area contributed by atoms with Gasteiger partial charge in [0.05, 0.1) is 0 Å². The van der Waals surface area contributed by atoms with Crippen molar-refractivity contribution in [2.45, 2.75) is 101 Å². The maximum Gasteiger partial charge on any atom is -0.0538 e. The Morgan fingerprint density at radius 3 is 0.600 bits per heavy atom. The van der Waals surface area contributed by atoms with E-state index >= 15 is 0 Å². The molecule has 0 heterocycles. The summed E-state index contributed by atoms with van der Waals surface area (Å²) in [6.07, 6.45) is 7.83. The summed E-state index contributed by atoms with van der Waals surface area (Å²) in [5, 5.41) is 0. The molecule has 0 saturated heterocycles. The maximum atomic E-state index is 2.21. The van der Waals surface area contributed by atoms with E-state index in [2.05, 4.69) is 55.4 Å². The summed E-state index contributed by atoms with van der Waals surface area (Å²) in [4.78, 5) is 0. The third kappa shape index (κ3) is 504. The molecule has 0 heteroatoms. The Morgan fingerprint density at radius 1 is 0.467 bits per heavy atom. The van der Waals surface area contributed by atoms with Gasteiger partial charge >= 0.3 is 0 Å². The molecule has 0 unspecified atom stereocenters. The fourth-order valence-electron chi connectivity index (χ4n) is 0.354. The molecule has 0 N–H and O–H groups in total. The van der Waals surface area contributed by atoms with E-state index in [1.807, 2.05) is 0 Å². The van der Waals surface area contributed by atoms with Gasteiger partial charge in [0.2, 0.25) is 0 Å². The van der Waals surface area contributed by atoms with Gasteiger partial charge in [0.25, 0.3) is 0 Å². The fourth-order valence-corrected chi connectivity index (χ4v) is 0.354. The SMILES string of the molecule is C.CCC.CCC.CCC.CCCCC. The predicted octanol–water partition coefficient (Wildman–Crippen LogP) is 7.08. The second-order valence-electron chi connectivity index (χ2n) is 3.47. The van der Waals surface area contributed by atoms with Crippen molar-refractivity contribution in [3.05, 3.63) is 0 Å². The van der Waals surface area contributed by atoms with E-state index in [1.54, 1.807) is 0 Å². The van der Waals surface area contributed by atoms with E-state index in [-0.39, 0.29) is 7.43 Å². The first-order valence-corrected chi connectivity index (χ1v) is 6.66. The van der Waals surface area contributed by atoms with Crippen LogP contribution in [0.2, 0.25) is 0 Å². The molecule has 15 heavy (non-hydrogen) atoms. The molecule has 0 fully saturated rings. The molecule has 0 aliphatic carbocycles. The minimum absolute atomic E-state index is 0. The highest BCUT2D eigenvalue weighted by atomic mass is 13.7. The average Bonchev–Trinajstić information content (AvgIpc) is 2.09. The smallest absolute Gasteiger partial charge is 0.0538 e. The summed E-state index contributed by atoms with van der Waals surface area (Å²) >= 11 is 0. The van der Waals surface area contributed by atoms with E-state index in [9.17, 15) is 0 Å². The Hall–Kier alpha value is 0. The average molecular weight is 220 g/mol. The zero-order chi connectivity index (χ0) is 12.2. The summed E-state index contributed by atoms with van der Waals surface area (Å²) in [5.41, 5.74) is 0. The summed E-state index contributed by atoms with van der Waals surface area (Å²) in [7, 11) is 0. The first-order chi connectivity index (χ1) is 6.66. The van der Waals surface area contributed by atoms with Gasteiger partial charge in [-0.15, -0.1) is 0 Å². The molecule has 0 bridgehead atoms. The standard InChI is InChI=1S/C5H12.3C3H8.CH4/c1-3-5-4-2;3*1-3-2;/h3-5H2,1-2H3;3*3H2,1-2H3;1H4. The van der Waals surface area contributed by atoms with Gasteiger partial charge in [-0.1, -0.05) is 101 Å². The summed E-state index contributed by atoms with van der Waals surface area (Å²) in [6, 6.07) is 0. The van der Waals surface area contributed by atoms with E-state index < -0.39 is 0 Å². The molecule has 0 aromatic carbocycles. The number of rotatable bonds is 2. The highest BCUT2D eigenvalue weighted by Gasteiger charge is 1.68. The minimum Gasteiger partial charge on any atom is -0.0776 e. The van der Waals surface area contributed by atoms with Gasteiger partial charge in [0.15, 0.2) is 0 Å². The van der Waals surface area contributed by atoms with Crippen molar-refractivity contribution in [2.75, 3.05) is 0 Å². The van der Waals surface area contributed by atoms with Gasteiger partial charge in [0.1, 0.15) is 0 Å². The van der Waals surface area contributed by atoms with Crippen LogP contribution in [0.25, 0.3) is 0 Å². The number of hydrogen-bond acceptors (Lipinski definition) is 0. The first kappa shape index (κ1) is 29.4. The molecule has 100 valence electrons. The molecule has 0 aliphatic heterocycles. The zero-order valence-electron chi connectivity index (χ0n) is 12.2. The third-order valence-electron chi connectivity index (χ3n) is 0.707. The molecule has 0 radical (unpaired) electrons. The summed E-state index contributed by atoms with van der Waals surface area (Å²) in [6.45, 7) is 17.2. The molecule has 0 aromatic rings. The molecule has 0 spiro atoms. The normalized spacial score (nSPS) is 6.40. The molecule has 0 aromatic heterocycles. The van der Waals surface area contributed by atoms with Crippen molar-refractivity contribution in [1.82, 2.24) is 0 Å². The lowest BCUT2D eigenvalue weighted by Crippen LogP contribution is -1.59. The highest BCUT2D eigenvalue weighted by molar-refractivity contribution is 4.24. The molecular weight excluding hydrogens is 180 g/mol. The van der Waals surface area contributed by atoms with Crippen LogP contribution in [0.4, 0.5) is 0 Å². The molecule has 0 rings (SSSR count). The summed E-state index contributed by atoms with van der Waals surface area (Å²) < 4.78 is 0. The molecule has 0 amide bonds. The van der Waals surface area contributed by atoms with E-state index in [0.29, 0.717) is 0 Å². The van der Waals surface area contributed by atoms with Gasteiger partial charge in [-0.25, -0.2) is 0 Å². The first-order valence-electron chi connectivity index (χ1n) is 6.66. The van der Waals surface area contributed by atoms with Crippen molar-refractivity contribution >= 4 is 0 Å². The largest absolute Gasteiger partial charge is 0.0776 e. The Balaban J connectivity index is -0.0000000300. The third-order valence-corrected chi connectivity index (χ3v) is 0.707. The quantitative estimate of drug-likeness (QED) is 0.466. The molecule has 0 saturated carbocycles. The van der Waals surface area contributed by atoms with Crippen molar-refractivity contribution in [3.63, 3.8) is 0 Å². The second kappa shape index (κ2) is 65.7. The van der Waals surface area contributed by atoms with Crippen LogP contribution in [0.15, 0.2) is 0 Å². The summed E-state index contributed by atoms with van der Waals surface area (Å²) in [5.74, 6) is 0.